The number of nitrogens with one attached hydrogen (secondary N) is 2. The smallest absolute Gasteiger partial charge is 0.305 e. The van der Waals surface area contributed by atoms with E-state index in [0.717, 1.165) is 11.1 Å². The van der Waals surface area contributed by atoms with Crippen LogP contribution in [-0.4, -0.2) is 24.6 Å². The van der Waals surface area contributed by atoms with Gasteiger partial charge < -0.3 is 10.1 Å². The van der Waals surface area contributed by atoms with Crippen molar-refractivity contribution in [1.29, 1.82) is 0 Å². The molecule has 0 amide bonds. The Bertz CT molecular complexity index is 838. The number of aryl methyl sites for hydroxylation is 1. The van der Waals surface area contributed by atoms with Crippen LogP contribution < -0.4 is 9.60 Å². The van der Waals surface area contributed by atoms with Crippen LogP contribution in [-0.2, 0) is 16.4 Å². The highest BCUT2D eigenvalue weighted by Crippen LogP contribution is 2.32. The molecule has 0 radical (unpaired) electrons. The van der Waals surface area contributed by atoms with Crippen LogP contribution in [0.1, 0.15) is 22.9 Å². The molecule has 0 spiro atoms. The number of thiazole rings is 1. The number of aliphatic hydroxyl groups excluding tert-OH is 1. The molecule has 0 fully saturated rings. The molecule has 112 valence electrons. The van der Waals surface area contributed by atoms with Crippen molar-refractivity contribution in [1.82, 2.24) is 9.71 Å². The first-order chi connectivity index (χ1) is 9.88. The lowest BCUT2D eigenvalue weighted by molar-refractivity contribution is 0.151. The number of rotatable bonds is 3. The largest absolute Gasteiger partial charge is 0.391 e. The predicted octanol–water partition coefficient (Wildman–Crippen LogP) is 0.681. The molecule has 6 nitrogen and oxygen atoms in total. The Hall–Kier alpha value is -1.48. The van der Waals surface area contributed by atoms with Gasteiger partial charge in [0.05, 0.1) is 12.1 Å². The summed E-state index contributed by atoms with van der Waals surface area (Å²) in [5.74, 6) is 0. The Morgan fingerprint density at radius 3 is 2.76 bits per heavy atom. The molecule has 2 atom stereocenters. The number of hydrogen-bond donors (Lipinski definition) is 3. The van der Waals surface area contributed by atoms with E-state index in [1.54, 1.807) is 12.1 Å². The molecule has 1 heterocycles. The van der Waals surface area contributed by atoms with Crippen LogP contribution in [0.3, 0.4) is 0 Å². The lowest BCUT2D eigenvalue weighted by Crippen LogP contribution is -2.33. The molecule has 3 rings (SSSR count). The third-order valence-corrected chi connectivity index (χ3v) is 6.56. The van der Waals surface area contributed by atoms with Crippen LogP contribution in [0, 0.1) is 6.92 Å². The second-order valence-corrected chi connectivity index (χ2v) is 7.89. The van der Waals surface area contributed by atoms with E-state index in [1.807, 2.05) is 12.1 Å². The molecular weight excluding hydrogens is 312 g/mol. The van der Waals surface area contributed by atoms with Crippen LogP contribution in [0.5, 0.6) is 0 Å². The zero-order valence-electron chi connectivity index (χ0n) is 11.2. The molecule has 1 aliphatic carbocycles. The molecule has 0 aliphatic heterocycles. The van der Waals surface area contributed by atoms with Gasteiger partial charge in [0.25, 0.3) is 10.0 Å². The summed E-state index contributed by atoms with van der Waals surface area (Å²) in [6, 6.07) is 6.63. The number of aromatic amines is 1. The molecule has 2 aromatic rings. The van der Waals surface area contributed by atoms with E-state index in [4.69, 9.17) is 0 Å². The van der Waals surface area contributed by atoms with Gasteiger partial charge >= 0.3 is 4.87 Å². The SMILES string of the molecule is Cc1[nH]c(=O)sc1S(=O)(=O)N[C@H]1c2ccccc2C[C@H]1O. The highest BCUT2D eigenvalue weighted by molar-refractivity contribution is 7.91. The van der Waals surface area contributed by atoms with Crippen molar-refractivity contribution < 1.29 is 13.5 Å². The Labute approximate surface area is 125 Å². The first kappa shape index (κ1) is 14.5. The topological polar surface area (TPSA) is 99.3 Å². The summed E-state index contributed by atoms with van der Waals surface area (Å²) in [6.45, 7) is 1.53. The third kappa shape index (κ3) is 2.55. The number of hydrogen-bond acceptors (Lipinski definition) is 5. The summed E-state index contributed by atoms with van der Waals surface area (Å²) in [7, 11) is -3.85. The maximum atomic E-state index is 12.4. The summed E-state index contributed by atoms with van der Waals surface area (Å²) in [5, 5.41) is 10.1. The first-order valence-electron chi connectivity index (χ1n) is 6.36. The van der Waals surface area contributed by atoms with Crippen LogP contribution >= 0.6 is 11.3 Å². The van der Waals surface area contributed by atoms with Crippen molar-refractivity contribution in [2.45, 2.75) is 29.7 Å². The van der Waals surface area contributed by atoms with Crippen molar-refractivity contribution in [2.24, 2.45) is 0 Å². The average molecular weight is 326 g/mol. The third-order valence-electron chi connectivity index (χ3n) is 3.51. The second kappa shape index (κ2) is 5.06. The summed E-state index contributed by atoms with van der Waals surface area (Å²) in [5.41, 5.74) is 2.00. The van der Waals surface area contributed by atoms with Crippen molar-refractivity contribution in [3.05, 3.63) is 50.8 Å². The molecule has 1 aromatic carbocycles. The molecule has 1 aliphatic rings. The summed E-state index contributed by atoms with van der Waals surface area (Å²) < 4.78 is 27.3. The van der Waals surface area contributed by atoms with Gasteiger partial charge in [-0.05, 0) is 18.1 Å². The van der Waals surface area contributed by atoms with Gasteiger partial charge in [-0.2, -0.15) is 0 Å². The minimum Gasteiger partial charge on any atom is -0.391 e. The Morgan fingerprint density at radius 2 is 2.10 bits per heavy atom. The summed E-state index contributed by atoms with van der Waals surface area (Å²) in [6.07, 6.45) is -0.403. The van der Waals surface area contributed by atoms with Gasteiger partial charge in [0.1, 0.15) is 0 Å². The first-order valence-corrected chi connectivity index (χ1v) is 8.66. The molecule has 0 unspecified atom stereocenters. The predicted molar refractivity (Wildman–Crippen MR) is 78.9 cm³/mol. The maximum Gasteiger partial charge on any atom is 0.305 e. The molecule has 0 bridgehead atoms. The second-order valence-electron chi connectivity index (χ2n) is 5.00. The highest BCUT2D eigenvalue weighted by atomic mass is 32.2. The number of aliphatic hydroxyl groups is 1. The van der Waals surface area contributed by atoms with E-state index >= 15 is 0 Å². The number of fused-ring (bicyclic) bond motifs is 1. The zero-order chi connectivity index (χ0) is 15.2. The highest BCUT2D eigenvalue weighted by Gasteiger charge is 2.35. The minimum absolute atomic E-state index is 0.0379. The minimum atomic E-state index is -3.85. The summed E-state index contributed by atoms with van der Waals surface area (Å²) in [4.78, 5) is 13.3. The van der Waals surface area contributed by atoms with E-state index in [2.05, 4.69) is 9.71 Å². The van der Waals surface area contributed by atoms with Gasteiger partial charge in [-0.1, -0.05) is 35.6 Å². The number of benzene rings is 1. The van der Waals surface area contributed by atoms with Gasteiger partial charge in [0.15, 0.2) is 4.21 Å². The normalized spacial score (nSPS) is 21.4. The van der Waals surface area contributed by atoms with Gasteiger partial charge in [-0.25, -0.2) is 13.1 Å². The molecule has 8 heteroatoms. The van der Waals surface area contributed by atoms with Crippen LogP contribution in [0.25, 0.3) is 0 Å². The quantitative estimate of drug-likeness (QED) is 0.772. The van der Waals surface area contributed by atoms with E-state index in [1.165, 1.54) is 6.92 Å². The molecule has 21 heavy (non-hydrogen) atoms. The fourth-order valence-corrected chi connectivity index (χ4v) is 5.15. The Balaban J connectivity index is 1.97. The summed E-state index contributed by atoms with van der Waals surface area (Å²) >= 11 is 0.644. The number of aromatic nitrogens is 1. The molecule has 1 aromatic heterocycles. The Morgan fingerprint density at radius 1 is 1.38 bits per heavy atom. The van der Waals surface area contributed by atoms with Gasteiger partial charge in [0, 0.05) is 12.1 Å². The number of sulfonamides is 1. The van der Waals surface area contributed by atoms with Crippen molar-refractivity contribution in [2.75, 3.05) is 0 Å². The fraction of sp³-hybridized carbons (Fsp3) is 0.308. The van der Waals surface area contributed by atoms with Crippen molar-refractivity contribution in [3.63, 3.8) is 0 Å². The number of H-pyrrole nitrogens is 1. The molecule has 0 saturated heterocycles. The van der Waals surface area contributed by atoms with Crippen LogP contribution in [0.2, 0.25) is 0 Å². The van der Waals surface area contributed by atoms with E-state index in [-0.39, 0.29) is 4.21 Å². The van der Waals surface area contributed by atoms with Gasteiger partial charge in [0.2, 0.25) is 0 Å². The van der Waals surface area contributed by atoms with Crippen molar-refractivity contribution >= 4 is 21.4 Å². The van der Waals surface area contributed by atoms with E-state index in [9.17, 15) is 18.3 Å². The average Bonchev–Trinajstić information content (AvgIpc) is 2.91. The van der Waals surface area contributed by atoms with Gasteiger partial charge in [-0.15, -0.1) is 0 Å². The molecule has 3 N–H and O–H groups in total. The monoisotopic (exact) mass is 326 g/mol. The molecular formula is C13H14N2O4S2. The maximum absolute atomic E-state index is 12.4. The van der Waals surface area contributed by atoms with Crippen LogP contribution in [0.15, 0.2) is 33.3 Å². The van der Waals surface area contributed by atoms with Crippen LogP contribution in [0.4, 0.5) is 0 Å². The lowest BCUT2D eigenvalue weighted by atomic mass is 10.1. The Kier molecular flexibility index (Phi) is 3.48. The van der Waals surface area contributed by atoms with E-state index < -0.39 is 27.0 Å². The van der Waals surface area contributed by atoms with Gasteiger partial charge in [-0.3, -0.25) is 4.79 Å². The van der Waals surface area contributed by atoms with Crippen molar-refractivity contribution in [3.8, 4) is 0 Å². The lowest BCUT2D eigenvalue weighted by Gasteiger charge is -2.17. The van der Waals surface area contributed by atoms with E-state index in [0.29, 0.717) is 23.5 Å². The fourth-order valence-electron chi connectivity index (χ4n) is 2.58. The zero-order valence-corrected chi connectivity index (χ0v) is 12.8. The molecule has 0 saturated carbocycles. The standard InChI is InChI=1S/C13H14N2O4S2/c1-7-12(20-13(17)14-7)21(18,19)15-11-9-5-3-2-4-8(9)6-10(11)16/h2-5,10-11,15-16H,6H2,1H3,(H,14,17)/t10-,11+/m1/s1.